The van der Waals surface area contributed by atoms with Crippen LogP contribution in [-0.2, 0) is 15.6 Å². The zero-order valence-corrected chi connectivity index (χ0v) is 15.7. The van der Waals surface area contributed by atoms with Crippen molar-refractivity contribution < 1.29 is 17.6 Å². The molecule has 1 saturated heterocycles. The second-order valence-corrected chi connectivity index (χ2v) is 9.44. The Balaban J connectivity index is 1.60. The van der Waals surface area contributed by atoms with E-state index in [9.17, 15) is 17.6 Å². The summed E-state index contributed by atoms with van der Waals surface area (Å²) < 4.78 is 36.0. The fourth-order valence-corrected chi connectivity index (χ4v) is 5.59. The van der Waals surface area contributed by atoms with E-state index < -0.39 is 9.84 Å². The molecule has 0 saturated carbocycles. The van der Waals surface area contributed by atoms with Gasteiger partial charge >= 0.3 is 0 Å². The molecule has 1 aliphatic heterocycles. The van der Waals surface area contributed by atoms with Gasteiger partial charge in [-0.25, -0.2) is 17.8 Å². The van der Waals surface area contributed by atoms with Crippen LogP contribution in [0.2, 0.25) is 0 Å². The predicted molar refractivity (Wildman–Crippen MR) is 99.3 cm³/mol. The van der Waals surface area contributed by atoms with Gasteiger partial charge in [-0.05, 0) is 42.2 Å². The Kier molecular flexibility index (Phi) is 5.93. The first kappa shape index (κ1) is 18.8. The predicted octanol–water partition coefficient (Wildman–Crippen LogP) is 2.68. The number of carbonyl (C=O) groups is 1. The Labute approximate surface area is 156 Å². The number of nitrogens with one attached hydrogen (secondary N) is 1. The fourth-order valence-electron chi connectivity index (χ4n) is 2.78. The number of rotatable bonds is 6. The van der Waals surface area contributed by atoms with Gasteiger partial charge < -0.3 is 5.32 Å². The molecule has 1 atom stereocenters. The topological polar surface area (TPSA) is 76.1 Å². The highest BCUT2D eigenvalue weighted by Crippen LogP contribution is 2.24. The van der Waals surface area contributed by atoms with Crippen molar-refractivity contribution in [3.63, 3.8) is 0 Å². The molecule has 138 valence electrons. The molecule has 1 amide bonds. The first-order valence-electron chi connectivity index (χ1n) is 8.24. The summed E-state index contributed by atoms with van der Waals surface area (Å²) in [7, 11) is -2.95. The van der Waals surface area contributed by atoms with Crippen LogP contribution in [0.3, 0.4) is 0 Å². The number of hydrogen-bond acceptors (Lipinski definition) is 5. The molecule has 1 fully saturated rings. The third-order valence-electron chi connectivity index (χ3n) is 4.18. The number of carbonyl (C=O) groups excluding carboxylic acids is 1. The van der Waals surface area contributed by atoms with Crippen LogP contribution >= 0.6 is 11.8 Å². The Morgan fingerprint density at radius 3 is 2.73 bits per heavy atom. The molecule has 1 N–H and O–H groups in total. The molecule has 26 heavy (non-hydrogen) atoms. The molecule has 1 aromatic heterocycles. The van der Waals surface area contributed by atoms with E-state index in [1.807, 2.05) is 0 Å². The summed E-state index contributed by atoms with van der Waals surface area (Å²) in [5.74, 6) is 0.315. The Bertz CT molecular complexity index is 886. The Morgan fingerprint density at radius 2 is 2.04 bits per heavy atom. The van der Waals surface area contributed by atoms with E-state index >= 15 is 0 Å². The van der Waals surface area contributed by atoms with Crippen LogP contribution in [0.5, 0.6) is 0 Å². The average Bonchev–Trinajstić information content (AvgIpc) is 2.98. The van der Waals surface area contributed by atoms with E-state index in [1.54, 1.807) is 30.5 Å². The van der Waals surface area contributed by atoms with Crippen molar-refractivity contribution in [2.24, 2.45) is 5.92 Å². The molecular formula is C18H19FN2O3S2. The van der Waals surface area contributed by atoms with Crippen molar-refractivity contribution >= 4 is 27.5 Å². The maximum Gasteiger partial charge on any atom is 0.254 e. The summed E-state index contributed by atoms with van der Waals surface area (Å²) in [4.78, 5) is 16.7. The highest BCUT2D eigenvalue weighted by atomic mass is 32.2. The van der Waals surface area contributed by atoms with E-state index in [-0.39, 0.29) is 29.1 Å². The number of thioether (sulfide) groups is 1. The summed E-state index contributed by atoms with van der Waals surface area (Å²) in [6, 6.07) is 9.59. The highest BCUT2D eigenvalue weighted by Gasteiger charge is 2.28. The highest BCUT2D eigenvalue weighted by molar-refractivity contribution is 7.98. The van der Waals surface area contributed by atoms with Crippen LogP contribution in [0.1, 0.15) is 22.3 Å². The third-order valence-corrected chi connectivity index (χ3v) is 7.10. The minimum Gasteiger partial charge on any atom is -0.352 e. The number of aromatic nitrogens is 1. The third kappa shape index (κ3) is 5.04. The van der Waals surface area contributed by atoms with E-state index in [0.717, 1.165) is 5.56 Å². The molecular weight excluding hydrogens is 375 g/mol. The summed E-state index contributed by atoms with van der Waals surface area (Å²) in [5.41, 5.74) is 1.39. The maximum absolute atomic E-state index is 13.0. The van der Waals surface area contributed by atoms with Gasteiger partial charge in [0.15, 0.2) is 9.84 Å². The van der Waals surface area contributed by atoms with Gasteiger partial charge in [-0.2, -0.15) is 0 Å². The van der Waals surface area contributed by atoms with Crippen LogP contribution < -0.4 is 5.32 Å². The van der Waals surface area contributed by atoms with E-state index in [2.05, 4.69) is 10.3 Å². The van der Waals surface area contributed by atoms with Gasteiger partial charge in [-0.1, -0.05) is 12.1 Å². The number of pyridine rings is 1. The molecule has 3 rings (SSSR count). The van der Waals surface area contributed by atoms with Crippen molar-refractivity contribution in [3.05, 3.63) is 59.5 Å². The molecule has 2 heterocycles. The standard InChI is InChI=1S/C18H19FN2O3S2/c19-15-5-3-13(4-6-15)11-25-18-16(2-1-8-20-18)17(22)21-10-14-7-9-26(23,24)12-14/h1-6,8,14H,7,9-12H2,(H,21,22)/t14-/m0/s1. The van der Waals surface area contributed by atoms with Crippen molar-refractivity contribution in [1.82, 2.24) is 10.3 Å². The minimum absolute atomic E-state index is 0.0315. The number of halogens is 1. The summed E-state index contributed by atoms with van der Waals surface area (Å²) >= 11 is 1.40. The molecule has 8 heteroatoms. The maximum atomic E-state index is 13.0. The van der Waals surface area contributed by atoms with Crippen LogP contribution in [0.25, 0.3) is 0 Å². The van der Waals surface area contributed by atoms with Gasteiger partial charge in [0.1, 0.15) is 10.8 Å². The first-order chi connectivity index (χ1) is 12.4. The van der Waals surface area contributed by atoms with Crippen LogP contribution in [-0.4, -0.2) is 37.4 Å². The summed E-state index contributed by atoms with van der Waals surface area (Å²) in [6.07, 6.45) is 2.20. The molecule has 0 aliphatic carbocycles. The van der Waals surface area contributed by atoms with Crippen molar-refractivity contribution in [2.75, 3.05) is 18.1 Å². The SMILES string of the molecule is O=C(NC[C@@H]1CCS(=O)(=O)C1)c1cccnc1SCc1ccc(F)cc1. The molecule has 1 aromatic carbocycles. The molecule has 2 aromatic rings. The smallest absolute Gasteiger partial charge is 0.254 e. The lowest BCUT2D eigenvalue weighted by Gasteiger charge is -2.12. The number of nitrogens with zero attached hydrogens (tertiary/aromatic N) is 1. The first-order valence-corrected chi connectivity index (χ1v) is 11.0. The normalized spacial score (nSPS) is 18.6. The quantitative estimate of drug-likeness (QED) is 0.763. The zero-order valence-electron chi connectivity index (χ0n) is 14.0. The van der Waals surface area contributed by atoms with E-state index in [1.165, 1.54) is 23.9 Å². The van der Waals surface area contributed by atoms with Gasteiger partial charge in [0, 0.05) is 18.5 Å². The monoisotopic (exact) mass is 394 g/mol. The largest absolute Gasteiger partial charge is 0.352 e. The molecule has 0 radical (unpaired) electrons. The van der Waals surface area contributed by atoms with Gasteiger partial charge in [0.25, 0.3) is 5.91 Å². The van der Waals surface area contributed by atoms with Crippen LogP contribution in [0.15, 0.2) is 47.6 Å². The molecule has 0 bridgehead atoms. The second-order valence-electron chi connectivity index (χ2n) is 6.25. The molecule has 0 unspecified atom stereocenters. The van der Waals surface area contributed by atoms with Crippen LogP contribution in [0, 0.1) is 11.7 Å². The Hall–Kier alpha value is -1.93. The minimum atomic E-state index is -2.95. The average molecular weight is 394 g/mol. The molecule has 1 aliphatic rings. The lowest BCUT2D eigenvalue weighted by Crippen LogP contribution is -2.30. The van der Waals surface area contributed by atoms with Crippen molar-refractivity contribution in [1.29, 1.82) is 0 Å². The van der Waals surface area contributed by atoms with Crippen LogP contribution in [0.4, 0.5) is 4.39 Å². The van der Waals surface area contributed by atoms with E-state index in [4.69, 9.17) is 0 Å². The van der Waals surface area contributed by atoms with Gasteiger partial charge in [0.05, 0.1) is 17.1 Å². The number of benzene rings is 1. The fraction of sp³-hybridized carbons (Fsp3) is 0.333. The zero-order chi connectivity index (χ0) is 18.6. The summed E-state index contributed by atoms with van der Waals surface area (Å²) in [6.45, 7) is 0.342. The molecule has 5 nitrogen and oxygen atoms in total. The van der Waals surface area contributed by atoms with Gasteiger partial charge in [-0.15, -0.1) is 11.8 Å². The number of sulfone groups is 1. The number of hydrogen-bond donors (Lipinski definition) is 1. The number of amides is 1. The van der Waals surface area contributed by atoms with Gasteiger partial charge in [-0.3, -0.25) is 4.79 Å². The van der Waals surface area contributed by atoms with Gasteiger partial charge in [0.2, 0.25) is 0 Å². The van der Waals surface area contributed by atoms with E-state index in [0.29, 0.717) is 29.3 Å². The summed E-state index contributed by atoms with van der Waals surface area (Å²) in [5, 5.41) is 3.41. The lowest BCUT2D eigenvalue weighted by atomic mass is 10.1. The lowest BCUT2D eigenvalue weighted by molar-refractivity contribution is 0.0944. The second kappa shape index (κ2) is 8.18. The van der Waals surface area contributed by atoms with Crippen molar-refractivity contribution in [3.8, 4) is 0 Å². The van der Waals surface area contributed by atoms with Crippen molar-refractivity contribution in [2.45, 2.75) is 17.2 Å². The Morgan fingerprint density at radius 1 is 1.27 bits per heavy atom. The molecule has 0 spiro atoms.